The molecule has 0 amide bonds. The minimum atomic E-state index is 0.603. The molecule has 5 heteroatoms. The van der Waals surface area contributed by atoms with E-state index in [0.29, 0.717) is 17.5 Å². The molecule has 3 heterocycles. The first-order valence-electron chi connectivity index (χ1n) is 16.6. The van der Waals surface area contributed by atoms with Gasteiger partial charge in [-0.05, 0) is 41.0 Å². The largest absolute Gasteiger partial charge is 0.456 e. The topological polar surface area (TPSA) is 65.0 Å². The molecule has 0 atom stereocenters. The van der Waals surface area contributed by atoms with Gasteiger partial charge in [0.15, 0.2) is 17.5 Å². The van der Waals surface area contributed by atoms with Crippen molar-refractivity contribution in [1.82, 2.24) is 15.0 Å². The van der Waals surface area contributed by atoms with Crippen molar-refractivity contribution in [2.45, 2.75) is 0 Å². The molecule has 3 aromatic heterocycles. The van der Waals surface area contributed by atoms with E-state index in [0.717, 1.165) is 82.8 Å². The van der Waals surface area contributed by atoms with Gasteiger partial charge in [-0.2, -0.15) is 0 Å². The molecule has 5 nitrogen and oxygen atoms in total. The molecular formula is C45H27N3O2. The predicted molar refractivity (Wildman–Crippen MR) is 202 cm³/mol. The minimum Gasteiger partial charge on any atom is -0.456 e. The van der Waals surface area contributed by atoms with E-state index < -0.39 is 0 Å². The number of fused-ring (bicyclic) bond motifs is 6. The summed E-state index contributed by atoms with van der Waals surface area (Å²) in [6, 6.07) is 55.7. The van der Waals surface area contributed by atoms with Gasteiger partial charge in [0.2, 0.25) is 0 Å². The fourth-order valence-corrected chi connectivity index (χ4v) is 6.96. The second-order valence-electron chi connectivity index (χ2n) is 12.4. The third-order valence-electron chi connectivity index (χ3n) is 9.36. The van der Waals surface area contributed by atoms with Crippen LogP contribution in [0.4, 0.5) is 0 Å². The Morgan fingerprint density at radius 3 is 1.64 bits per heavy atom. The summed E-state index contributed by atoms with van der Waals surface area (Å²) in [5.41, 5.74) is 10.5. The van der Waals surface area contributed by atoms with E-state index in [1.54, 1.807) is 0 Å². The highest BCUT2D eigenvalue weighted by molar-refractivity contribution is 6.12. The van der Waals surface area contributed by atoms with Crippen molar-refractivity contribution in [3.63, 3.8) is 0 Å². The van der Waals surface area contributed by atoms with Crippen LogP contribution in [-0.4, -0.2) is 15.0 Å². The highest BCUT2D eigenvalue weighted by atomic mass is 16.3. The monoisotopic (exact) mass is 641 g/mol. The summed E-state index contributed by atoms with van der Waals surface area (Å²) in [5, 5.41) is 4.42. The summed E-state index contributed by atoms with van der Waals surface area (Å²) < 4.78 is 12.5. The fraction of sp³-hybridized carbons (Fsp3) is 0. The van der Waals surface area contributed by atoms with Gasteiger partial charge in [-0.15, -0.1) is 0 Å². The van der Waals surface area contributed by atoms with Crippen LogP contribution in [0.2, 0.25) is 0 Å². The zero-order valence-corrected chi connectivity index (χ0v) is 26.7. The number of rotatable bonds is 5. The van der Waals surface area contributed by atoms with Crippen LogP contribution >= 0.6 is 0 Å². The molecule has 0 N–H and O–H groups in total. The van der Waals surface area contributed by atoms with E-state index in [2.05, 4.69) is 84.9 Å². The van der Waals surface area contributed by atoms with Crippen LogP contribution in [0.1, 0.15) is 0 Å². The summed E-state index contributed by atoms with van der Waals surface area (Å²) in [4.78, 5) is 15.0. The Bertz CT molecular complexity index is 2870. The van der Waals surface area contributed by atoms with Crippen molar-refractivity contribution in [2.24, 2.45) is 0 Å². The normalized spacial score (nSPS) is 11.6. The van der Waals surface area contributed by atoms with Gasteiger partial charge in [0.1, 0.15) is 22.3 Å². The van der Waals surface area contributed by atoms with Gasteiger partial charge in [0.05, 0.1) is 0 Å². The third kappa shape index (κ3) is 4.67. The predicted octanol–water partition coefficient (Wildman–Crippen LogP) is 12.0. The summed E-state index contributed by atoms with van der Waals surface area (Å²) in [7, 11) is 0. The lowest BCUT2D eigenvalue weighted by Gasteiger charge is -2.10. The van der Waals surface area contributed by atoms with Crippen LogP contribution in [0.5, 0.6) is 0 Å². The molecule has 0 aliphatic rings. The maximum atomic E-state index is 6.37. The number of aromatic nitrogens is 3. The first-order chi connectivity index (χ1) is 24.8. The number of furan rings is 2. The maximum absolute atomic E-state index is 6.37. The lowest BCUT2D eigenvalue weighted by Crippen LogP contribution is -2.00. The van der Waals surface area contributed by atoms with Crippen molar-refractivity contribution < 1.29 is 8.83 Å². The second kappa shape index (κ2) is 11.4. The molecule has 50 heavy (non-hydrogen) atoms. The molecule has 0 fully saturated rings. The molecule has 0 spiro atoms. The Kier molecular flexibility index (Phi) is 6.42. The van der Waals surface area contributed by atoms with Gasteiger partial charge in [-0.25, -0.2) is 15.0 Å². The number of nitrogens with zero attached hydrogens (tertiary/aromatic N) is 3. The van der Waals surface area contributed by atoms with E-state index in [-0.39, 0.29) is 0 Å². The molecule has 0 unspecified atom stereocenters. The van der Waals surface area contributed by atoms with E-state index in [4.69, 9.17) is 23.8 Å². The zero-order valence-electron chi connectivity index (χ0n) is 26.7. The van der Waals surface area contributed by atoms with Crippen LogP contribution in [0.3, 0.4) is 0 Å². The number of benzene rings is 7. The van der Waals surface area contributed by atoms with Crippen molar-refractivity contribution in [2.75, 3.05) is 0 Å². The summed E-state index contributed by atoms with van der Waals surface area (Å²) in [5.74, 6) is 1.83. The van der Waals surface area contributed by atoms with Crippen LogP contribution in [-0.2, 0) is 0 Å². The number of para-hydroxylation sites is 3. The Hall–Kier alpha value is -6.85. The van der Waals surface area contributed by atoms with Crippen molar-refractivity contribution in [3.8, 4) is 56.4 Å². The molecule has 234 valence electrons. The highest BCUT2D eigenvalue weighted by Crippen LogP contribution is 2.39. The quantitative estimate of drug-likeness (QED) is 0.187. The average Bonchev–Trinajstić information content (AvgIpc) is 3.77. The van der Waals surface area contributed by atoms with Gasteiger partial charge in [-0.1, -0.05) is 140 Å². The number of hydrogen-bond acceptors (Lipinski definition) is 5. The van der Waals surface area contributed by atoms with Gasteiger partial charge in [-0.3, -0.25) is 0 Å². The average molecular weight is 642 g/mol. The molecule has 7 aromatic carbocycles. The summed E-state index contributed by atoms with van der Waals surface area (Å²) >= 11 is 0. The van der Waals surface area contributed by atoms with Gasteiger partial charge < -0.3 is 8.83 Å². The van der Waals surface area contributed by atoms with Crippen LogP contribution < -0.4 is 0 Å². The fourth-order valence-electron chi connectivity index (χ4n) is 6.96. The molecule has 0 saturated heterocycles. The minimum absolute atomic E-state index is 0.603. The van der Waals surface area contributed by atoms with Gasteiger partial charge >= 0.3 is 0 Å². The van der Waals surface area contributed by atoms with E-state index in [9.17, 15) is 0 Å². The molecule has 0 aliphatic heterocycles. The molecule has 0 saturated carbocycles. The smallest absolute Gasteiger partial charge is 0.164 e. The Morgan fingerprint density at radius 1 is 0.320 bits per heavy atom. The van der Waals surface area contributed by atoms with Gasteiger partial charge in [0.25, 0.3) is 0 Å². The summed E-state index contributed by atoms with van der Waals surface area (Å²) in [6.45, 7) is 0. The number of hydrogen-bond donors (Lipinski definition) is 0. The lowest BCUT2D eigenvalue weighted by molar-refractivity contribution is 0.669. The molecule has 10 rings (SSSR count). The summed E-state index contributed by atoms with van der Waals surface area (Å²) in [6.07, 6.45) is 0. The Morgan fingerprint density at radius 2 is 0.840 bits per heavy atom. The van der Waals surface area contributed by atoms with E-state index in [1.165, 1.54) is 0 Å². The molecule has 0 radical (unpaired) electrons. The Labute approximate surface area is 287 Å². The highest BCUT2D eigenvalue weighted by Gasteiger charge is 2.17. The second-order valence-corrected chi connectivity index (χ2v) is 12.4. The van der Waals surface area contributed by atoms with Crippen molar-refractivity contribution in [1.29, 1.82) is 0 Å². The Balaban J connectivity index is 1.08. The standard InChI is InChI=1S/C45H27N3O2/c1-2-11-29(12-3-1)43-46-44(30-25-23-28(24-26-30)33-17-10-22-40-41(33)37-16-5-7-21-39(37)49-40)48-45(47-43)32-14-8-13-31(27-32)34-18-9-19-36-35-15-4-6-20-38(35)50-42(34)36/h1-27H. The van der Waals surface area contributed by atoms with Crippen molar-refractivity contribution >= 4 is 43.9 Å². The lowest BCUT2D eigenvalue weighted by atomic mass is 9.98. The third-order valence-corrected chi connectivity index (χ3v) is 9.36. The van der Waals surface area contributed by atoms with Crippen LogP contribution in [0, 0.1) is 0 Å². The zero-order chi connectivity index (χ0) is 33.0. The molecule has 0 bridgehead atoms. The maximum Gasteiger partial charge on any atom is 0.164 e. The van der Waals surface area contributed by atoms with E-state index >= 15 is 0 Å². The SMILES string of the molecule is c1ccc(-c2nc(-c3ccc(-c4cccc5oc6ccccc6c45)cc3)nc(-c3cccc(-c4cccc5c4oc4ccccc45)c3)n2)cc1. The van der Waals surface area contributed by atoms with Crippen molar-refractivity contribution in [3.05, 3.63) is 164 Å². The first kappa shape index (κ1) is 28.2. The molecular weight excluding hydrogens is 615 g/mol. The van der Waals surface area contributed by atoms with Gasteiger partial charge in [0, 0.05) is 43.8 Å². The molecule has 0 aliphatic carbocycles. The van der Waals surface area contributed by atoms with Crippen LogP contribution in [0.15, 0.2) is 173 Å². The van der Waals surface area contributed by atoms with Crippen LogP contribution in [0.25, 0.3) is 100 Å². The van der Waals surface area contributed by atoms with E-state index in [1.807, 2.05) is 78.9 Å². The first-order valence-corrected chi connectivity index (χ1v) is 16.6. The molecule has 10 aromatic rings.